The molecule has 0 aromatic carbocycles. The normalized spacial score (nSPS) is 11.1. The summed E-state index contributed by atoms with van der Waals surface area (Å²) < 4.78 is 2.32. The van der Waals surface area contributed by atoms with Crippen LogP contribution in [-0.4, -0.2) is 35.5 Å². The average molecular weight is 293 g/mol. The Kier molecular flexibility index (Phi) is 4.66. The van der Waals surface area contributed by atoms with Crippen LogP contribution in [0.15, 0.2) is 4.79 Å². The van der Waals surface area contributed by atoms with Gasteiger partial charge in [0.1, 0.15) is 5.82 Å². The van der Waals surface area contributed by atoms with Crippen molar-refractivity contribution in [3.8, 4) is 0 Å². The number of rotatable bonds is 7. The zero-order valence-electron chi connectivity index (χ0n) is 12.2. The molecular weight excluding hydrogens is 274 g/mol. The van der Waals surface area contributed by atoms with Gasteiger partial charge in [-0.05, 0) is 6.42 Å². The Hall–Kier alpha value is -2.25. The molecule has 0 atom stereocenters. The standard InChI is InChI=1S/C13H19N5O3/c1-3-4-5-6-7-8-9-14-10(12(19)20)11-15-16-17(2)13(21)18(9)11/h3-8H2,1-2H3,(H,19,20). The van der Waals surface area contributed by atoms with E-state index in [1.165, 1.54) is 17.9 Å². The number of carbonyl (C=O) groups is 1. The fraction of sp³-hybridized carbons (Fsp3) is 0.615. The zero-order valence-corrected chi connectivity index (χ0v) is 12.2. The molecule has 8 nitrogen and oxygen atoms in total. The van der Waals surface area contributed by atoms with Gasteiger partial charge < -0.3 is 5.11 Å². The molecule has 0 saturated carbocycles. The quantitative estimate of drug-likeness (QED) is 0.765. The van der Waals surface area contributed by atoms with Gasteiger partial charge in [-0.25, -0.2) is 19.0 Å². The summed E-state index contributed by atoms with van der Waals surface area (Å²) in [7, 11) is 1.47. The summed E-state index contributed by atoms with van der Waals surface area (Å²) in [6.45, 7) is 2.14. The molecule has 2 rings (SSSR count). The molecule has 2 heterocycles. The van der Waals surface area contributed by atoms with Gasteiger partial charge in [0.15, 0.2) is 11.3 Å². The van der Waals surface area contributed by atoms with E-state index < -0.39 is 11.7 Å². The molecule has 114 valence electrons. The molecule has 0 amide bonds. The number of aromatic nitrogens is 5. The Balaban J connectivity index is 2.32. The van der Waals surface area contributed by atoms with Crippen molar-refractivity contribution in [1.29, 1.82) is 0 Å². The number of hydrogen-bond donors (Lipinski definition) is 1. The van der Waals surface area contributed by atoms with Gasteiger partial charge in [0.25, 0.3) is 0 Å². The third-order valence-corrected chi connectivity index (χ3v) is 3.37. The van der Waals surface area contributed by atoms with Crippen molar-refractivity contribution in [3.63, 3.8) is 0 Å². The Morgan fingerprint density at radius 2 is 1.95 bits per heavy atom. The fourth-order valence-corrected chi connectivity index (χ4v) is 2.24. The topological polar surface area (TPSA) is 102 Å². The Labute approximate surface area is 121 Å². The Morgan fingerprint density at radius 3 is 2.62 bits per heavy atom. The molecule has 21 heavy (non-hydrogen) atoms. The molecule has 0 radical (unpaired) electrons. The van der Waals surface area contributed by atoms with Crippen LogP contribution >= 0.6 is 0 Å². The van der Waals surface area contributed by atoms with Crippen molar-refractivity contribution < 1.29 is 9.90 Å². The number of aryl methyl sites for hydroxylation is 2. The number of carboxylic acids is 1. The van der Waals surface area contributed by atoms with E-state index in [1.54, 1.807) is 0 Å². The van der Waals surface area contributed by atoms with E-state index in [4.69, 9.17) is 5.11 Å². The molecule has 0 fully saturated rings. The van der Waals surface area contributed by atoms with Crippen LogP contribution in [0.3, 0.4) is 0 Å². The van der Waals surface area contributed by atoms with Crippen LogP contribution < -0.4 is 5.69 Å². The van der Waals surface area contributed by atoms with Gasteiger partial charge in [-0.3, -0.25) is 0 Å². The number of carboxylic acid groups (broad SMARTS) is 1. The lowest BCUT2D eigenvalue weighted by Gasteiger charge is -2.01. The average Bonchev–Trinajstić information content (AvgIpc) is 2.82. The maximum atomic E-state index is 12.1. The summed E-state index contributed by atoms with van der Waals surface area (Å²) in [4.78, 5) is 27.4. The van der Waals surface area contributed by atoms with E-state index >= 15 is 0 Å². The molecule has 0 unspecified atom stereocenters. The van der Waals surface area contributed by atoms with Gasteiger partial charge in [-0.2, -0.15) is 4.68 Å². The number of unbranched alkanes of at least 4 members (excludes halogenated alkanes) is 4. The van der Waals surface area contributed by atoms with Crippen molar-refractivity contribution in [3.05, 3.63) is 22.0 Å². The molecule has 0 aliphatic rings. The highest BCUT2D eigenvalue weighted by molar-refractivity contribution is 5.92. The maximum absolute atomic E-state index is 12.1. The Bertz CT molecular complexity index is 704. The highest BCUT2D eigenvalue weighted by Crippen LogP contribution is 2.12. The fourth-order valence-electron chi connectivity index (χ4n) is 2.24. The van der Waals surface area contributed by atoms with Crippen molar-refractivity contribution in [1.82, 2.24) is 24.4 Å². The lowest BCUT2D eigenvalue weighted by atomic mass is 10.1. The van der Waals surface area contributed by atoms with E-state index in [1.807, 2.05) is 0 Å². The lowest BCUT2D eigenvalue weighted by Crippen LogP contribution is -2.28. The smallest absolute Gasteiger partial charge is 0.358 e. The van der Waals surface area contributed by atoms with Crippen molar-refractivity contribution >= 4 is 11.6 Å². The minimum atomic E-state index is -1.20. The second-order valence-electron chi connectivity index (χ2n) is 5.00. The summed E-state index contributed by atoms with van der Waals surface area (Å²) in [6, 6.07) is 0. The number of nitrogens with zero attached hydrogens (tertiary/aromatic N) is 5. The van der Waals surface area contributed by atoms with Crippen LogP contribution in [0.1, 0.15) is 55.3 Å². The zero-order chi connectivity index (χ0) is 15.4. The summed E-state index contributed by atoms with van der Waals surface area (Å²) in [6.07, 6.45) is 5.91. The van der Waals surface area contributed by atoms with E-state index in [9.17, 15) is 9.59 Å². The van der Waals surface area contributed by atoms with Crippen LogP contribution in [0.5, 0.6) is 0 Å². The molecule has 0 spiro atoms. The third kappa shape index (κ3) is 3.09. The molecule has 0 bridgehead atoms. The Morgan fingerprint density at radius 1 is 1.24 bits per heavy atom. The summed E-state index contributed by atoms with van der Waals surface area (Å²) in [5, 5.41) is 16.5. The van der Waals surface area contributed by atoms with E-state index in [0.29, 0.717) is 12.2 Å². The first-order valence-electron chi connectivity index (χ1n) is 7.10. The molecule has 1 N–H and O–H groups in total. The van der Waals surface area contributed by atoms with Gasteiger partial charge in [0.05, 0.1) is 0 Å². The van der Waals surface area contributed by atoms with Gasteiger partial charge in [-0.15, -0.1) is 5.10 Å². The highest BCUT2D eigenvalue weighted by atomic mass is 16.4. The molecule has 0 saturated heterocycles. The van der Waals surface area contributed by atoms with Gasteiger partial charge in [0.2, 0.25) is 0 Å². The molecule has 8 heteroatoms. The highest BCUT2D eigenvalue weighted by Gasteiger charge is 2.20. The monoisotopic (exact) mass is 293 g/mol. The van der Waals surface area contributed by atoms with Crippen molar-refractivity contribution in [2.75, 3.05) is 0 Å². The number of hydrogen-bond acceptors (Lipinski definition) is 5. The molecule has 0 aliphatic carbocycles. The van der Waals surface area contributed by atoms with E-state index in [2.05, 4.69) is 22.2 Å². The predicted molar refractivity (Wildman–Crippen MR) is 75.4 cm³/mol. The minimum absolute atomic E-state index is 0.00848. The number of aromatic carboxylic acids is 1. The minimum Gasteiger partial charge on any atom is -0.476 e. The second kappa shape index (κ2) is 6.47. The number of fused-ring (bicyclic) bond motifs is 1. The van der Waals surface area contributed by atoms with Crippen LogP contribution in [0, 0.1) is 0 Å². The van der Waals surface area contributed by atoms with Crippen molar-refractivity contribution in [2.45, 2.75) is 45.4 Å². The first-order chi connectivity index (χ1) is 10.1. The first kappa shape index (κ1) is 15.1. The third-order valence-electron chi connectivity index (χ3n) is 3.37. The summed E-state index contributed by atoms with van der Waals surface area (Å²) in [5.41, 5.74) is -0.638. The van der Waals surface area contributed by atoms with Gasteiger partial charge in [0, 0.05) is 13.5 Å². The van der Waals surface area contributed by atoms with Crippen molar-refractivity contribution in [2.24, 2.45) is 7.05 Å². The van der Waals surface area contributed by atoms with E-state index in [-0.39, 0.29) is 11.3 Å². The van der Waals surface area contributed by atoms with Crippen LogP contribution in [-0.2, 0) is 13.5 Å². The van der Waals surface area contributed by atoms with Crippen LogP contribution in [0.2, 0.25) is 0 Å². The summed E-state index contributed by atoms with van der Waals surface area (Å²) >= 11 is 0. The molecule has 2 aromatic heterocycles. The second-order valence-corrected chi connectivity index (χ2v) is 5.00. The maximum Gasteiger partial charge on any atom is 0.358 e. The predicted octanol–water partition coefficient (Wildman–Crippen LogP) is 1.03. The first-order valence-corrected chi connectivity index (χ1v) is 7.10. The largest absolute Gasteiger partial charge is 0.476 e. The lowest BCUT2D eigenvalue weighted by molar-refractivity contribution is 0.0692. The van der Waals surface area contributed by atoms with Gasteiger partial charge >= 0.3 is 11.7 Å². The SMILES string of the molecule is CCCCCCCc1nc(C(=O)O)c2nnn(C)c(=O)n12. The van der Waals surface area contributed by atoms with E-state index in [0.717, 1.165) is 30.4 Å². The van der Waals surface area contributed by atoms with Crippen LogP contribution in [0.25, 0.3) is 5.65 Å². The molecule has 0 aliphatic heterocycles. The summed E-state index contributed by atoms with van der Waals surface area (Å²) in [5.74, 6) is -0.762. The van der Waals surface area contributed by atoms with Gasteiger partial charge in [-0.1, -0.05) is 37.8 Å². The molecular formula is C13H19N5O3. The van der Waals surface area contributed by atoms with Crippen LogP contribution in [0.4, 0.5) is 0 Å². The number of imidazole rings is 1. The molecule has 2 aromatic rings.